The third kappa shape index (κ3) is 11.4. The van der Waals surface area contributed by atoms with Crippen molar-refractivity contribution in [3.63, 3.8) is 0 Å². The van der Waals surface area contributed by atoms with Crippen LogP contribution in [-0.2, 0) is 26.2 Å². The van der Waals surface area contributed by atoms with Crippen LogP contribution in [0.3, 0.4) is 0 Å². The molecule has 3 N–H and O–H groups in total. The molecule has 4 aromatic rings. The van der Waals surface area contributed by atoms with Crippen molar-refractivity contribution in [1.82, 2.24) is 20.6 Å². The van der Waals surface area contributed by atoms with E-state index in [1.807, 2.05) is 54.6 Å². The van der Waals surface area contributed by atoms with Crippen LogP contribution in [0.2, 0.25) is 0 Å². The molecule has 53 heavy (non-hydrogen) atoms. The quantitative estimate of drug-likeness (QED) is 0.0931. The van der Waals surface area contributed by atoms with E-state index in [-0.39, 0.29) is 23.7 Å². The van der Waals surface area contributed by atoms with Crippen molar-refractivity contribution < 1.29 is 29.0 Å². The molecule has 1 aliphatic heterocycles. The molecule has 2 amide bonds. The molecule has 0 radical (unpaired) electrons. The molecule has 2 atom stereocenters. The van der Waals surface area contributed by atoms with Gasteiger partial charge in [-0.3, -0.25) is 9.59 Å². The normalized spacial score (nSPS) is 14.6. The van der Waals surface area contributed by atoms with Gasteiger partial charge in [0.15, 0.2) is 5.82 Å². The van der Waals surface area contributed by atoms with Crippen molar-refractivity contribution in [2.24, 2.45) is 5.92 Å². The van der Waals surface area contributed by atoms with Gasteiger partial charge in [-0.15, -0.1) is 11.3 Å². The highest BCUT2D eigenvalue weighted by Crippen LogP contribution is 2.30. The lowest BCUT2D eigenvalue weighted by atomic mass is 9.91. The molecule has 11 heteroatoms. The van der Waals surface area contributed by atoms with Crippen LogP contribution in [0.15, 0.2) is 73.1 Å². The van der Waals surface area contributed by atoms with Gasteiger partial charge >= 0.3 is 5.97 Å². The Kier molecular flexibility index (Phi) is 14.1. The maximum absolute atomic E-state index is 13.7. The summed E-state index contributed by atoms with van der Waals surface area (Å²) in [4.78, 5) is 50.2. The highest BCUT2D eigenvalue weighted by molar-refractivity contribution is 7.14. The maximum Gasteiger partial charge on any atom is 0.326 e. The summed E-state index contributed by atoms with van der Waals surface area (Å²) in [6.07, 6.45) is 10.8. The van der Waals surface area contributed by atoms with Gasteiger partial charge in [0.2, 0.25) is 5.91 Å². The summed E-state index contributed by atoms with van der Waals surface area (Å²) < 4.78 is 11.3. The lowest BCUT2D eigenvalue weighted by Crippen LogP contribution is -2.55. The number of thiophene rings is 1. The molecule has 0 aliphatic carbocycles. The molecule has 282 valence electrons. The second kappa shape index (κ2) is 18.9. The van der Waals surface area contributed by atoms with Crippen LogP contribution in [0.4, 0.5) is 0 Å². The number of ether oxygens (including phenoxy) is 2. The van der Waals surface area contributed by atoms with Crippen LogP contribution >= 0.6 is 11.3 Å². The minimum atomic E-state index is -1.10. The average molecular weight is 741 g/mol. The van der Waals surface area contributed by atoms with Gasteiger partial charge in [-0.2, -0.15) is 0 Å². The molecular weight excluding hydrogens is 689 g/mol. The zero-order chi connectivity index (χ0) is 37.8. The number of carbonyl (C=O) groups is 3. The molecule has 2 aromatic heterocycles. The van der Waals surface area contributed by atoms with E-state index < -0.39 is 24.0 Å². The van der Waals surface area contributed by atoms with Crippen LogP contribution in [0, 0.1) is 5.92 Å². The van der Waals surface area contributed by atoms with Gasteiger partial charge in [0.05, 0.1) is 11.5 Å². The molecule has 1 aliphatic rings. The first-order valence-corrected chi connectivity index (χ1v) is 19.5. The summed E-state index contributed by atoms with van der Waals surface area (Å²) in [5.41, 5.74) is 3.34. The van der Waals surface area contributed by atoms with Crippen molar-refractivity contribution in [3.05, 3.63) is 88.4 Å². The first kappa shape index (κ1) is 39.6. The molecule has 10 nitrogen and oxygen atoms in total. The molecule has 2 aromatic carbocycles. The number of aliphatic carboxylic acids is 1. The largest absolute Gasteiger partial charge is 0.494 e. The Hall–Kier alpha value is -4.61. The van der Waals surface area contributed by atoms with Gasteiger partial charge < -0.3 is 25.2 Å². The van der Waals surface area contributed by atoms with Crippen LogP contribution in [0.1, 0.15) is 92.8 Å². The number of nitrogens with one attached hydrogen (secondary N) is 2. The number of benzene rings is 2. The highest BCUT2D eigenvalue weighted by atomic mass is 32.1. The van der Waals surface area contributed by atoms with Gasteiger partial charge in [-0.25, -0.2) is 14.8 Å². The van der Waals surface area contributed by atoms with Crippen molar-refractivity contribution in [3.8, 4) is 28.3 Å². The Labute approximate surface area is 316 Å². The lowest BCUT2D eigenvalue weighted by Gasteiger charge is -2.29. The number of carboxylic acid groups (broad SMARTS) is 1. The number of amides is 2. The number of carboxylic acids is 1. The summed E-state index contributed by atoms with van der Waals surface area (Å²) >= 11 is 1.38. The van der Waals surface area contributed by atoms with Gasteiger partial charge in [0.1, 0.15) is 17.8 Å². The zero-order valence-electron chi connectivity index (χ0n) is 31.2. The summed E-state index contributed by atoms with van der Waals surface area (Å²) in [5.74, 6) is -0.888. The van der Waals surface area contributed by atoms with E-state index >= 15 is 0 Å². The zero-order valence-corrected chi connectivity index (χ0v) is 32.0. The Morgan fingerprint density at radius 3 is 2.15 bits per heavy atom. The summed E-state index contributed by atoms with van der Waals surface area (Å²) in [6.45, 7) is 10.1. The topological polar surface area (TPSA) is 140 Å². The number of nitrogens with zero attached hydrogens (tertiary/aromatic N) is 2. The Morgan fingerprint density at radius 2 is 1.53 bits per heavy atom. The molecule has 0 spiro atoms. The fourth-order valence-electron chi connectivity index (χ4n) is 6.28. The predicted molar refractivity (Wildman–Crippen MR) is 208 cm³/mol. The van der Waals surface area contributed by atoms with E-state index in [1.54, 1.807) is 18.5 Å². The number of rotatable bonds is 17. The molecule has 0 saturated carbocycles. The minimum absolute atomic E-state index is 0.127. The summed E-state index contributed by atoms with van der Waals surface area (Å²) in [5, 5.41) is 15.6. The van der Waals surface area contributed by atoms with E-state index in [2.05, 4.69) is 48.3 Å². The van der Waals surface area contributed by atoms with E-state index in [0.717, 1.165) is 45.9 Å². The molecule has 1 fully saturated rings. The van der Waals surface area contributed by atoms with Crippen molar-refractivity contribution >= 4 is 29.1 Å². The molecule has 0 bridgehead atoms. The molecular formula is C42H52N4O6S. The monoisotopic (exact) mass is 740 g/mol. The maximum atomic E-state index is 13.7. The number of hydrogen-bond donors (Lipinski definition) is 3. The highest BCUT2D eigenvalue weighted by Gasteiger charge is 2.34. The second-order valence-corrected chi connectivity index (χ2v) is 15.8. The average Bonchev–Trinajstić information content (AvgIpc) is 3.68. The Balaban J connectivity index is 1.25. The van der Waals surface area contributed by atoms with Crippen LogP contribution in [0.25, 0.3) is 22.5 Å². The number of hydrogen-bond acceptors (Lipinski definition) is 8. The minimum Gasteiger partial charge on any atom is -0.494 e. The molecule has 3 heterocycles. The van der Waals surface area contributed by atoms with Crippen LogP contribution < -0.4 is 15.4 Å². The smallest absolute Gasteiger partial charge is 0.326 e. The van der Waals surface area contributed by atoms with E-state index in [1.165, 1.54) is 37.0 Å². The Bertz CT molecular complexity index is 1780. The summed E-state index contributed by atoms with van der Waals surface area (Å²) in [6, 6.07) is 17.1. The summed E-state index contributed by atoms with van der Waals surface area (Å²) in [7, 11) is 0. The van der Waals surface area contributed by atoms with E-state index in [9.17, 15) is 19.5 Å². The van der Waals surface area contributed by atoms with E-state index in [0.29, 0.717) is 36.8 Å². The Morgan fingerprint density at radius 1 is 0.868 bits per heavy atom. The third-order valence-electron chi connectivity index (χ3n) is 9.50. The van der Waals surface area contributed by atoms with Gasteiger partial charge in [0, 0.05) is 48.0 Å². The SMILES string of the molecule is CCCCCCCOc1ccc(-c2cnc(-c3ccc(C[C@H](NC(=O)c4ccc(C(C)(C)C)s4)C(=O)NC(C(=O)O)C4CCOCC4)cc3)nc2)cc1. The lowest BCUT2D eigenvalue weighted by molar-refractivity contribution is -0.144. The molecule has 1 saturated heterocycles. The van der Waals surface area contributed by atoms with Gasteiger partial charge in [-0.1, -0.05) is 89.8 Å². The third-order valence-corrected chi connectivity index (χ3v) is 11.0. The van der Waals surface area contributed by atoms with Gasteiger partial charge in [-0.05, 0) is 66.0 Å². The van der Waals surface area contributed by atoms with Crippen molar-refractivity contribution in [2.75, 3.05) is 19.8 Å². The number of aromatic nitrogens is 2. The fourth-order valence-corrected chi connectivity index (χ4v) is 7.24. The first-order chi connectivity index (χ1) is 25.5. The van der Waals surface area contributed by atoms with Crippen LogP contribution in [0.5, 0.6) is 5.75 Å². The van der Waals surface area contributed by atoms with Crippen LogP contribution in [-0.4, -0.2) is 64.8 Å². The van der Waals surface area contributed by atoms with Crippen molar-refractivity contribution in [2.45, 2.75) is 96.6 Å². The van der Waals surface area contributed by atoms with Gasteiger partial charge in [0.25, 0.3) is 5.91 Å². The standard InChI is InChI=1S/C42H52N4O6S/c1-5-6-7-8-9-22-52-33-16-14-29(15-17-33)32-26-43-38(44-27-32)31-12-10-28(11-13-31)25-34(45-40(48)35-18-19-36(53-35)42(2,3)4)39(47)46-37(41(49)50)30-20-23-51-24-21-30/h10-19,26-27,30,34,37H,5-9,20-25H2,1-4H3,(H,45,48)(H,46,47)(H,49,50)/t34-,37?/m0/s1. The fraction of sp³-hybridized carbons (Fsp3) is 0.452. The number of carbonyl (C=O) groups excluding carboxylic acids is 2. The first-order valence-electron chi connectivity index (χ1n) is 18.7. The van der Waals surface area contributed by atoms with Crippen molar-refractivity contribution in [1.29, 1.82) is 0 Å². The molecule has 1 unspecified atom stereocenters. The predicted octanol–water partition coefficient (Wildman–Crippen LogP) is 7.86. The van der Waals surface area contributed by atoms with E-state index in [4.69, 9.17) is 9.47 Å². The number of unbranched alkanes of at least 4 members (excludes halogenated alkanes) is 4. The second-order valence-electron chi connectivity index (χ2n) is 14.7. The molecule has 5 rings (SSSR count).